The van der Waals surface area contributed by atoms with Gasteiger partial charge in [-0.3, -0.25) is 0 Å². The first-order valence-corrected chi connectivity index (χ1v) is 22.3. The summed E-state index contributed by atoms with van der Waals surface area (Å²) >= 11 is 0. The van der Waals surface area contributed by atoms with Crippen LogP contribution in [0.5, 0.6) is 0 Å². The van der Waals surface area contributed by atoms with E-state index in [1.165, 1.54) is 57.8 Å². The summed E-state index contributed by atoms with van der Waals surface area (Å²) in [5, 5.41) is 37.3. The number of methoxy groups -OCH3 is 4. The van der Waals surface area contributed by atoms with Crippen LogP contribution in [0.3, 0.4) is 0 Å². The minimum atomic E-state index is -0.524. The van der Waals surface area contributed by atoms with E-state index < -0.39 is 24.4 Å². The SMILES string of the molecule is COCC(O)COCC1CC1.COCC(O)COCC1CC2CC1C1CC3CC3C21.COCC(O)COCC1CCC2CC2C1.COCC(O)COCC1OC1C. The summed E-state index contributed by atoms with van der Waals surface area (Å²) in [6, 6.07) is 0. The number of rotatable bonds is 24. The van der Waals surface area contributed by atoms with Crippen LogP contribution in [0.4, 0.5) is 0 Å². The van der Waals surface area contributed by atoms with Crippen LogP contribution in [0.25, 0.3) is 0 Å². The number of hydrogen-bond acceptors (Lipinski definition) is 13. The minimum Gasteiger partial charge on any atom is -0.388 e. The van der Waals surface area contributed by atoms with Gasteiger partial charge in [0.2, 0.25) is 0 Å². The topological polar surface area (TPSA) is 167 Å². The Bertz CT molecular complexity index is 1080. The van der Waals surface area contributed by atoms with Gasteiger partial charge in [-0.05, 0) is 136 Å². The highest BCUT2D eigenvalue weighted by Gasteiger charge is 2.64. The fourth-order valence-corrected chi connectivity index (χ4v) is 10.4. The first kappa shape index (κ1) is 47.5. The summed E-state index contributed by atoms with van der Waals surface area (Å²) in [7, 11) is 6.34. The molecule has 4 N–H and O–H groups in total. The molecule has 0 aromatic rings. The van der Waals surface area contributed by atoms with Crippen LogP contribution in [0.2, 0.25) is 0 Å². The van der Waals surface area contributed by atoms with Crippen LogP contribution in [-0.4, -0.2) is 165 Å². The Balaban J connectivity index is 0.000000149. The third-order valence-corrected chi connectivity index (χ3v) is 13.6. The van der Waals surface area contributed by atoms with E-state index in [9.17, 15) is 10.2 Å². The second-order valence-electron chi connectivity index (χ2n) is 18.6. The molecule has 1 aliphatic heterocycles. The van der Waals surface area contributed by atoms with Crippen molar-refractivity contribution in [2.24, 2.45) is 65.1 Å². The van der Waals surface area contributed by atoms with E-state index in [2.05, 4.69) is 0 Å². The smallest absolute Gasteiger partial charge is 0.107 e. The van der Waals surface area contributed by atoms with Crippen molar-refractivity contribution in [3.63, 3.8) is 0 Å². The van der Waals surface area contributed by atoms with E-state index in [-0.39, 0.29) is 6.10 Å². The van der Waals surface area contributed by atoms with Crippen molar-refractivity contribution in [2.45, 2.75) is 108 Å². The van der Waals surface area contributed by atoms with Crippen molar-refractivity contribution in [3.05, 3.63) is 0 Å². The fraction of sp³-hybridized carbons (Fsp3) is 1.00. The maximum Gasteiger partial charge on any atom is 0.107 e. The molecular weight excluding hydrogens is 736 g/mol. The molecule has 1 heterocycles. The first-order chi connectivity index (χ1) is 27.6. The lowest BCUT2D eigenvalue weighted by atomic mass is 9.74. The fourth-order valence-electron chi connectivity index (χ4n) is 10.4. The van der Waals surface area contributed by atoms with Gasteiger partial charge >= 0.3 is 0 Å². The summed E-state index contributed by atoms with van der Waals surface area (Å²) in [5.74, 6) is 10.7. The van der Waals surface area contributed by atoms with E-state index in [4.69, 9.17) is 52.8 Å². The predicted molar refractivity (Wildman–Crippen MR) is 214 cm³/mol. The summed E-state index contributed by atoms with van der Waals surface area (Å²) in [6.45, 7) is 8.07. The number of aliphatic hydroxyl groups is 4. The molecule has 2 bridgehead atoms. The Morgan fingerprint density at radius 2 is 0.930 bits per heavy atom. The molecule has 7 saturated carbocycles. The molecule has 0 aromatic heterocycles. The van der Waals surface area contributed by atoms with Gasteiger partial charge in [-0.1, -0.05) is 0 Å². The average Bonchev–Trinajstić information content (AvgIpc) is 4.11. The van der Waals surface area contributed by atoms with Crippen molar-refractivity contribution in [3.8, 4) is 0 Å². The number of epoxide rings is 1. The number of hydrogen-bond donors (Lipinski definition) is 4. The van der Waals surface area contributed by atoms with Gasteiger partial charge < -0.3 is 63.1 Å². The molecule has 16 unspecified atom stereocenters. The zero-order valence-corrected chi connectivity index (χ0v) is 35.8. The van der Waals surface area contributed by atoms with Gasteiger partial charge in [0.15, 0.2) is 0 Å². The quantitative estimate of drug-likeness (QED) is 0.105. The first-order valence-electron chi connectivity index (χ1n) is 22.3. The zero-order valence-electron chi connectivity index (χ0n) is 35.8. The normalized spacial score (nSPS) is 36.8. The van der Waals surface area contributed by atoms with Gasteiger partial charge in [0, 0.05) is 48.3 Å². The molecule has 334 valence electrons. The highest BCUT2D eigenvalue weighted by molar-refractivity contribution is 5.13. The van der Waals surface area contributed by atoms with Gasteiger partial charge in [0.1, 0.15) is 30.5 Å². The highest BCUT2D eigenvalue weighted by atomic mass is 16.6. The molecule has 0 spiro atoms. The maximum atomic E-state index is 9.60. The molecule has 0 amide bonds. The van der Waals surface area contributed by atoms with E-state index >= 15 is 0 Å². The Morgan fingerprint density at radius 3 is 1.44 bits per heavy atom. The Morgan fingerprint density at radius 1 is 0.456 bits per heavy atom. The van der Waals surface area contributed by atoms with Crippen molar-refractivity contribution >= 4 is 0 Å². The van der Waals surface area contributed by atoms with E-state index in [1.54, 1.807) is 34.9 Å². The lowest BCUT2D eigenvalue weighted by Crippen LogP contribution is -2.30. The van der Waals surface area contributed by atoms with Gasteiger partial charge in [0.05, 0.1) is 65.6 Å². The molecule has 57 heavy (non-hydrogen) atoms. The number of ether oxygens (including phenoxy) is 9. The highest BCUT2D eigenvalue weighted by Crippen LogP contribution is 2.71. The number of fused-ring (bicyclic) bond motifs is 8. The molecule has 0 aromatic carbocycles. The Labute approximate surface area is 343 Å². The molecule has 8 fully saturated rings. The molecule has 8 aliphatic rings. The van der Waals surface area contributed by atoms with Crippen molar-refractivity contribution in [2.75, 3.05) is 108 Å². The van der Waals surface area contributed by atoms with E-state index in [0.717, 1.165) is 84.9 Å². The standard InChI is InChI=1S/C16H26O3.C12H22O3.C8H16O4.C8H16O3/c1-18-7-12(17)8-19-6-11-2-10-5-13(11)15-4-9-3-14(9)16(10)15;1-14-7-12(13)8-15-6-9-2-3-10-5-11(10)4-9;1-6-8(12-6)5-11-4-7(9)3-10-2;1-10-5-8(9)6-11-4-7-2-3-7/h9-17H,2-8H2,1H3;9-13H,2-8H2,1H3;6-9H,3-5H2,1-2H3;7-9H,2-6H2,1H3. The van der Waals surface area contributed by atoms with Crippen molar-refractivity contribution in [1.82, 2.24) is 0 Å². The zero-order chi connectivity index (χ0) is 40.7. The molecule has 13 heteroatoms. The molecule has 7 aliphatic carbocycles. The van der Waals surface area contributed by atoms with Crippen molar-refractivity contribution < 1.29 is 63.1 Å². The third kappa shape index (κ3) is 16.7. The number of aliphatic hydroxyl groups excluding tert-OH is 4. The summed E-state index contributed by atoms with van der Waals surface area (Å²) < 4.78 is 46.1. The molecule has 0 radical (unpaired) electrons. The maximum absolute atomic E-state index is 9.60. The van der Waals surface area contributed by atoms with Crippen LogP contribution in [-0.2, 0) is 42.6 Å². The van der Waals surface area contributed by atoms with E-state index in [0.29, 0.717) is 65.6 Å². The van der Waals surface area contributed by atoms with Gasteiger partial charge in [0.25, 0.3) is 0 Å². The Hall–Kier alpha value is -0.520. The lowest BCUT2D eigenvalue weighted by Gasteiger charge is -2.33. The van der Waals surface area contributed by atoms with Crippen LogP contribution in [0.15, 0.2) is 0 Å². The third-order valence-electron chi connectivity index (χ3n) is 13.6. The largest absolute Gasteiger partial charge is 0.388 e. The monoisotopic (exact) mass is 817 g/mol. The van der Waals surface area contributed by atoms with Crippen LogP contribution in [0, 0.1) is 65.1 Å². The molecule has 8 rings (SSSR count). The predicted octanol–water partition coefficient (Wildman–Crippen LogP) is 3.60. The van der Waals surface area contributed by atoms with Gasteiger partial charge in [-0.25, -0.2) is 0 Å². The average molecular weight is 817 g/mol. The van der Waals surface area contributed by atoms with Crippen LogP contribution >= 0.6 is 0 Å². The van der Waals surface area contributed by atoms with Gasteiger partial charge in [-0.15, -0.1) is 0 Å². The lowest BCUT2D eigenvalue weighted by molar-refractivity contribution is -0.0255. The molecule has 13 nitrogen and oxygen atoms in total. The Kier molecular flexibility index (Phi) is 20.7. The summed E-state index contributed by atoms with van der Waals surface area (Å²) in [5.41, 5.74) is 0. The summed E-state index contributed by atoms with van der Waals surface area (Å²) in [6.07, 6.45) is 12.7. The minimum absolute atomic E-state index is 0.236. The molecule has 1 saturated heterocycles. The second-order valence-corrected chi connectivity index (χ2v) is 18.6. The van der Waals surface area contributed by atoms with Gasteiger partial charge in [-0.2, -0.15) is 0 Å². The van der Waals surface area contributed by atoms with Crippen molar-refractivity contribution in [1.29, 1.82) is 0 Å². The van der Waals surface area contributed by atoms with Crippen LogP contribution in [0.1, 0.15) is 71.1 Å². The summed E-state index contributed by atoms with van der Waals surface area (Å²) in [4.78, 5) is 0. The van der Waals surface area contributed by atoms with Crippen LogP contribution < -0.4 is 0 Å². The second kappa shape index (κ2) is 24.8. The van der Waals surface area contributed by atoms with E-state index in [1.807, 2.05) is 6.92 Å². The molecular formula is C44H80O13. The molecule has 16 atom stereocenters.